The van der Waals surface area contributed by atoms with Gasteiger partial charge in [0.15, 0.2) is 5.82 Å². The number of aromatic nitrogens is 1. The van der Waals surface area contributed by atoms with Gasteiger partial charge in [-0.25, -0.2) is 9.98 Å². The van der Waals surface area contributed by atoms with Gasteiger partial charge < -0.3 is 54.7 Å². The second kappa shape index (κ2) is 15.1. The van der Waals surface area contributed by atoms with E-state index >= 15 is 0 Å². The number of aliphatic imine (C=N–C) groups is 1. The number of phenolic OH excluding ortho intramolecular Hbond substituents is 1. The van der Waals surface area contributed by atoms with E-state index in [4.69, 9.17) is 0 Å². The zero-order valence-corrected chi connectivity index (χ0v) is 14.6. The molecule has 0 aliphatic carbocycles. The van der Waals surface area contributed by atoms with Crippen molar-refractivity contribution in [2.75, 3.05) is 0 Å². The van der Waals surface area contributed by atoms with Crippen LogP contribution in [0.25, 0.3) is 0 Å². The molecule has 2 aromatic rings. The number of pyridine rings is 1. The third-order valence-corrected chi connectivity index (χ3v) is 1.92. The molecule has 0 aliphatic heterocycles. The topological polar surface area (TPSA) is 45.5 Å². The molecular weight excluding hydrogens is 378 g/mol. The van der Waals surface area contributed by atoms with Gasteiger partial charge in [-0.3, -0.25) is 0 Å². The summed E-state index contributed by atoms with van der Waals surface area (Å²) in [5.41, 5.74) is 0.683. The third-order valence-electron chi connectivity index (χ3n) is 1.92. The van der Waals surface area contributed by atoms with Gasteiger partial charge in [-0.1, -0.05) is 18.2 Å². The van der Waals surface area contributed by atoms with Gasteiger partial charge in [-0.15, -0.1) is 0 Å². The largest absolute Gasteiger partial charge is 4.00 e. The number of phenols is 1. The predicted octanol–water partition coefficient (Wildman–Crippen LogP) is -9.45. The fourth-order valence-electron chi connectivity index (χ4n) is 1.16. The van der Waals surface area contributed by atoms with E-state index in [0.717, 1.165) is 0 Å². The molecule has 1 aromatic heterocycles. The summed E-state index contributed by atoms with van der Waals surface area (Å²) in [6.45, 7) is 0. The van der Waals surface area contributed by atoms with E-state index in [-0.39, 0.29) is 77.1 Å². The van der Waals surface area contributed by atoms with Crippen molar-refractivity contribution in [3.63, 3.8) is 0 Å². The summed E-state index contributed by atoms with van der Waals surface area (Å²) in [5, 5.41) is 9.48. The molecule has 106 valence electrons. The summed E-state index contributed by atoms with van der Waals surface area (Å²) in [6.07, 6.45) is 3.27. The summed E-state index contributed by atoms with van der Waals surface area (Å²) in [6, 6.07) is 12.5. The Bertz CT molecular complexity index is 486. The van der Waals surface area contributed by atoms with Crippen molar-refractivity contribution in [2.24, 2.45) is 4.99 Å². The molecule has 3 nitrogen and oxygen atoms in total. The number of hydrogen-bond acceptors (Lipinski definition) is 3. The van der Waals surface area contributed by atoms with Gasteiger partial charge in [0, 0.05) is 18.0 Å². The smallest absolute Gasteiger partial charge is 1.00 e. The van der Waals surface area contributed by atoms with Crippen molar-refractivity contribution < 1.29 is 76.5 Å². The van der Waals surface area contributed by atoms with Crippen LogP contribution in [0.5, 0.6) is 5.75 Å². The van der Waals surface area contributed by atoms with Gasteiger partial charge >= 0.3 is 21.7 Å². The molecule has 0 spiro atoms. The minimum absolute atomic E-state index is 0. The maximum Gasteiger partial charge on any atom is 4.00 e. The minimum atomic E-state index is 0. The molecule has 0 saturated heterocycles. The average molecular weight is 388 g/mol. The first-order valence-electron chi connectivity index (χ1n) is 4.59. The van der Waals surface area contributed by atoms with Crippen LogP contribution in [0.1, 0.15) is 5.56 Å². The molecule has 1 N–H and O–H groups in total. The quantitative estimate of drug-likeness (QED) is 0.411. The second-order valence-corrected chi connectivity index (χ2v) is 3.00. The van der Waals surface area contributed by atoms with Crippen molar-refractivity contribution in [3.8, 4) is 5.75 Å². The Morgan fingerprint density at radius 2 is 1.50 bits per heavy atom. The molecule has 1 heterocycles. The first-order valence-corrected chi connectivity index (χ1v) is 4.59. The first kappa shape index (κ1) is 28.0. The van der Waals surface area contributed by atoms with E-state index in [1.807, 2.05) is 18.2 Å². The fourth-order valence-corrected chi connectivity index (χ4v) is 1.16. The van der Waals surface area contributed by atoms with Crippen molar-refractivity contribution in [1.82, 2.24) is 4.98 Å². The van der Waals surface area contributed by atoms with Crippen LogP contribution in [-0.2, 0) is 21.7 Å². The Balaban J connectivity index is -0.000000256. The number of para-hydroxylation sites is 1. The van der Waals surface area contributed by atoms with Crippen molar-refractivity contribution in [2.45, 2.75) is 0 Å². The molecule has 0 fully saturated rings. The van der Waals surface area contributed by atoms with Crippen LogP contribution in [0.2, 0.25) is 0 Å². The molecular formula is C12H10Cl4N2OTi. The first-order chi connectivity index (χ1) is 7.36. The van der Waals surface area contributed by atoms with Gasteiger partial charge in [0.2, 0.25) is 0 Å². The van der Waals surface area contributed by atoms with E-state index < -0.39 is 0 Å². The molecule has 0 unspecified atom stereocenters. The van der Waals surface area contributed by atoms with E-state index in [2.05, 4.69) is 9.98 Å². The van der Waals surface area contributed by atoms with Crippen LogP contribution in [0, 0.1) is 0 Å². The van der Waals surface area contributed by atoms with Crippen LogP contribution < -0.4 is 49.6 Å². The molecule has 0 atom stereocenters. The predicted molar refractivity (Wildman–Crippen MR) is 59.6 cm³/mol. The van der Waals surface area contributed by atoms with E-state index in [1.54, 1.807) is 36.7 Å². The Labute approximate surface area is 157 Å². The monoisotopic (exact) mass is 386 g/mol. The van der Waals surface area contributed by atoms with Crippen molar-refractivity contribution in [1.29, 1.82) is 0 Å². The maximum absolute atomic E-state index is 9.48. The van der Waals surface area contributed by atoms with Crippen molar-refractivity contribution >= 4 is 12.0 Å². The summed E-state index contributed by atoms with van der Waals surface area (Å²) < 4.78 is 0. The van der Waals surface area contributed by atoms with Crippen LogP contribution in [0.15, 0.2) is 53.7 Å². The van der Waals surface area contributed by atoms with Gasteiger partial charge in [-0.2, -0.15) is 0 Å². The van der Waals surface area contributed by atoms with Gasteiger partial charge in [0.05, 0.1) is 0 Å². The molecule has 0 bridgehead atoms. The van der Waals surface area contributed by atoms with Gasteiger partial charge in [0.25, 0.3) is 0 Å². The van der Waals surface area contributed by atoms with E-state index in [1.165, 1.54) is 0 Å². The Kier molecular flexibility index (Phi) is 21.1. The second-order valence-electron chi connectivity index (χ2n) is 3.00. The zero-order valence-electron chi connectivity index (χ0n) is 10.0. The van der Waals surface area contributed by atoms with Gasteiger partial charge in [-0.05, 0) is 24.3 Å². The number of rotatable bonds is 2. The molecule has 20 heavy (non-hydrogen) atoms. The van der Waals surface area contributed by atoms with Gasteiger partial charge in [0.1, 0.15) is 5.75 Å². The molecule has 0 amide bonds. The van der Waals surface area contributed by atoms with Crippen LogP contribution in [-0.4, -0.2) is 16.3 Å². The third kappa shape index (κ3) is 8.80. The van der Waals surface area contributed by atoms with Crippen LogP contribution >= 0.6 is 0 Å². The number of nitrogens with zero attached hydrogens (tertiary/aromatic N) is 2. The molecule has 2 rings (SSSR count). The molecule has 8 heteroatoms. The Morgan fingerprint density at radius 3 is 2.05 bits per heavy atom. The zero-order chi connectivity index (χ0) is 10.5. The standard InChI is InChI=1S/C12H10N2O.4ClH.Ti/c15-11-6-2-1-5-10(11)9-14-12-7-3-4-8-13-12;;;;;/h1-9,15H;4*1H;/q;;;;;+4/p-4. The maximum atomic E-state index is 9.48. The normalized spacial score (nSPS) is 8.00. The summed E-state index contributed by atoms with van der Waals surface area (Å²) in [5.74, 6) is 0.845. The Morgan fingerprint density at radius 1 is 0.900 bits per heavy atom. The van der Waals surface area contributed by atoms with Crippen molar-refractivity contribution in [3.05, 3.63) is 54.2 Å². The number of aromatic hydroxyl groups is 1. The summed E-state index contributed by atoms with van der Waals surface area (Å²) in [7, 11) is 0. The van der Waals surface area contributed by atoms with Crippen LogP contribution in [0.4, 0.5) is 5.82 Å². The molecule has 0 saturated carbocycles. The summed E-state index contributed by atoms with van der Waals surface area (Å²) >= 11 is 0. The van der Waals surface area contributed by atoms with E-state index in [9.17, 15) is 5.11 Å². The van der Waals surface area contributed by atoms with Crippen LogP contribution in [0.3, 0.4) is 0 Å². The number of benzene rings is 1. The Hall–Kier alpha value is -0.286. The number of hydrogen-bond donors (Lipinski definition) is 1. The fraction of sp³-hybridized carbons (Fsp3) is 0. The SMILES string of the molecule is Oc1ccccc1C=Nc1ccccn1.[Cl-].[Cl-].[Cl-].[Cl-].[Ti+4]. The molecule has 0 aliphatic rings. The number of halogens is 4. The average Bonchev–Trinajstić information content (AvgIpc) is 2.29. The molecule has 0 radical (unpaired) electrons. The summed E-state index contributed by atoms with van der Waals surface area (Å²) in [4.78, 5) is 8.19. The van der Waals surface area contributed by atoms with E-state index in [0.29, 0.717) is 11.4 Å². The molecule has 1 aromatic carbocycles. The minimum Gasteiger partial charge on any atom is -1.00 e.